The minimum absolute atomic E-state index is 0.238. The average molecular weight is 296 g/mol. The first-order valence-corrected chi connectivity index (χ1v) is 7.23. The number of nitrogens with zero attached hydrogens (tertiary/aromatic N) is 1. The molecule has 1 unspecified atom stereocenters. The van der Waals surface area contributed by atoms with Gasteiger partial charge in [-0.25, -0.2) is 4.79 Å². The Labute approximate surface area is 123 Å². The molecule has 110 valence electrons. The second-order valence-corrected chi connectivity index (χ2v) is 6.93. The maximum atomic E-state index is 11.1. The first-order chi connectivity index (χ1) is 9.28. The van der Waals surface area contributed by atoms with Gasteiger partial charge in [-0.15, -0.1) is 0 Å². The van der Waals surface area contributed by atoms with E-state index in [0.717, 1.165) is 23.3 Å². The Kier molecular flexibility index (Phi) is 4.15. The Bertz CT molecular complexity index is 517. The molecule has 0 saturated carbocycles. The zero-order chi connectivity index (χ0) is 14.9. The quantitative estimate of drug-likeness (QED) is 0.683. The molecule has 1 heterocycles. The van der Waals surface area contributed by atoms with Crippen LogP contribution in [0.15, 0.2) is 18.2 Å². The first-order valence-electron chi connectivity index (χ1n) is 6.39. The lowest BCUT2D eigenvalue weighted by Gasteiger charge is -2.23. The molecule has 20 heavy (non-hydrogen) atoms. The van der Waals surface area contributed by atoms with Gasteiger partial charge in [0.15, 0.2) is 5.44 Å². The van der Waals surface area contributed by atoms with Crippen LogP contribution in [-0.2, 0) is 11.2 Å². The molecular formula is C14H20N2O3S. The molecule has 6 heteroatoms. The highest BCUT2D eigenvalue weighted by molar-refractivity contribution is 7.97. The van der Waals surface area contributed by atoms with Crippen LogP contribution in [0.2, 0.25) is 0 Å². The number of rotatable bonds is 4. The van der Waals surface area contributed by atoms with Crippen LogP contribution in [0.3, 0.4) is 0 Å². The first kappa shape index (κ1) is 15.0. The maximum absolute atomic E-state index is 11.1. The van der Waals surface area contributed by atoms with Crippen LogP contribution in [0.25, 0.3) is 0 Å². The summed E-state index contributed by atoms with van der Waals surface area (Å²) in [7, 11) is 3.77. The minimum atomic E-state index is -0.792. The summed E-state index contributed by atoms with van der Waals surface area (Å²) in [5, 5.41) is 0. The summed E-state index contributed by atoms with van der Waals surface area (Å²) in [4.78, 5) is 11.1. The number of fused-ring (bicyclic) bond motifs is 1. The van der Waals surface area contributed by atoms with E-state index in [2.05, 4.69) is 0 Å². The molecule has 1 aromatic carbocycles. The molecular weight excluding hydrogens is 276 g/mol. The molecule has 0 aliphatic carbocycles. The van der Waals surface area contributed by atoms with Crippen molar-refractivity contribution in [3.63, 3.8) is 0 Å². The van der Waals surface area contributed by atoms with Gasteiger partial charge < -0.3 is 15.2 Å². The van der Waals surface area contributed by atoms with E-state index in [1.807, 2.05) is 50.4 Å². The van der Waals surface area contributed by atoms with E-state index < -0.39 is 11.5 Å². The van der Waals surface area contributed by atoms with Gasteiger partial charge in [-0.05, 0) is 45.5 Å². The lowest BCUT2D eigenvalue weighted by Crippen LogP contribution is -2.25. The Morgan fingerprint density at radius 3 is 2.80 bits per heavy atom. The highest BCUT2D eigenvalue weighted by atomic mass is 32.2. The fraction of sp³-hybridized carbons (Fsp3) is 0.500. The predicted octanol–water partition coefficient (Wildman–Crippen LogP) is 2.70. The Morgan fingerprint density at radius 1 is 1.50 bits per heavy atom. The van der Waals surface area contributed by atoms with Crippen LogP contribution in [0, 0.1) is 0 Å². The van der Waals surface area contributed by atoms with E-state index in [0.29, 0.717) is 0 Å². The van der Waals surface area contributed by atoms with Crippen molar-refractivity contribution in [1.82, 2.24) is 4.31 Å². The maximum Gasteiger partial charge on any atom is 0.406 e. The molecule has 1 aromatic rings. The van der Waals surface area contributed by atoms with Crippen molar-refractivity contribution in [3.05, 3.63) is 29.3 Å². The molecule has 0 bridgehead atoms. The standard InChI is InChI=1S/C14H20N2O3S/c1-14(2)8-9-6-5-7-10(11(9)19-14)12(18-13(15)17)20-16(3)4/h5-7,12H,8H2,1-4H3,(H2,15,17). The van der Waals surface area contributed by atoms with Crippen molar-refractivity contribution < 1.29 is 14.3 Å². The third-order valence-corrected chi connectivity index (χ3v) is 3.87. The SMILES string of the molecule is CN(C)SC(OC(N)=O)c1cccc2c1OC(C)(C)C2. The molecule has 0 aromatic heterocycles. The number of carbonyl (C=O) groups excluding carboxylic acids is 1. The normalized spacial score (nSPS) is 17.4. The number of nitrogens with two attached hydrogens (primary N) is 1. The molecule has 0 saturated heterocycles. The van der Waals surface area contributed by atoms with Crippen LogP contribution >= 0.6 is 11.9 Å². The second-order valence-electron chi connectivity index (χ2n) is 5.56. The van der Waals surface area contributed by atoms with Gasteiger partial charge in [0.25, 0.3) is 0 Å². The molecule has 1 atom stereocenters. The lowest BCUT2D eigenvalue weighted by molar-refractivity contribution is 0.126. The van der Waals surface area contributed by atoms with Crippen molar-refractivity contribution >= 4 is 18.0 Å². The number of ether oxygens (including phenoxy) is 2. The van der Waals surface area contributed by atoms with Gasteiger partial charge in [-0.1, -0.05) is 18.2 Å². The second kappa shape index (κ2) is 5.54. The average Bonchev–Trinajstić information content (AvgIpc) is 2.60. The number of primary amides is 1. The van der Waals surface area contributed by atoms with Crippen LogP contribution in [0.1, 0.15) is 30.4 Å². The zero-order valence-corrected chi connectivity index (χ0v) is 13.0. The monoisotopic (exact) mass is 296 g/mol. The number of hydrogen-bond acceptors (Lipinski definition) is 5. The summed E-state index contributed by atoms with van der Waals surface area (Å²) in [6.45, 7) is 4.08. The van der Waals surface area contributed by atoms with Crippen molar-refractivity contribution in [2.24, 2.45) is 5.73 Å². The van der Waals surface area contributed by atoms with Gasteiger partial charge in [0, 0.05) is 12.0 Å². The van der Waals surface area contributed by atoms with E-state index in [4.69, 9.17) is 15.2 Å². The number of hydrogen-bond donors (Lipinski definition) is 1. The molecule has 2 N–H and O–H groups in total. The highest BCUT2D eigenvalue weighted by Crippen LogP contribution is 2.44. The van der Waals surface area contributed by atoms with Crippen molar-refractivity contribution in [2.75, 3.05) is 14.1 Å². The largest absolute Gasteiger partial charge is 0.487 e. The molecule has 1 amide bonds. The Hall–Kier alpha value is -1.40. The number of carbonyl (C=O) groups is 1. The van der Waals surface area contributed by atoms with Crippen molar-refractivity contribution in [3.8, 4) is 5.75 Å². The van der Waals surface area contributed by atoms with E-state index in [1.165, 1.54) is 11.9 Å². The van der Waals surface area contributed by atoms with E-state index in [-0.39, 0.29) is 5.60 Å². The Morgan fingerprint density at radius 2 is 2.20 bits per heavy atom. The number of para-hydroxylation sites is 1. The van der Waals surface area contributed by atoms with Gasteiger partial charge >= 0.3 is 6.09 Å². The predicted molar refractivity (Wildman–Crippen MR) is 79.5 cm³/mol. The van der Waals surface area contributed by atoms with Crippen LogP contribution < -0.4 is 10.5 Å². The molecule has 2 rings (SSSR count). The van der Waals surface area contributed by atoms with E-state index in [9.17, 15) is 4.79 Å². The molecule has 1 aliphatic heterocycles. The summed E-state index contributed by atoms with van der Waals surface area (Å²) in [6.07, 6.45) is 0.0470. The lowest BCUT2D eigenvalue weighted by atomic mass is 10.0. The van der Waals surface area contributed by atoms with Crippen LogP contribution in [0.4, 0.5) is 4.79 Å². The number of amides is 1. The molecule has 0 fully saturated rings. The van der Waals surface area contributed by atoms with Gasteiger partial charge in [-0.2, -0.15) is 0 Å². The fourth-order valence-corrected chi connectivity index (χ4v) is 3.08. The summed E-state index contributed by atoms with van der Waals surface area (Å²) < 4.78 is 13.1. The van der Waals surface area contributed by atoms with Crippen LogP contribution in [-0.4, -0.2) is 30.1 Å². The smallest absolute Gasteiger partial charge is 0.406 e. The Balaban J connectivity index is 2.35. The summed E-state index contributed by atoms with van der Waals surface area (Å²) >= 11 is 1.38. The van der Waals surface area contributed by atoms with E-state index >= 15 is 0 Å². The number of benzene rings is 1. The van der Waals surface area contributed by atoms with Crippen molar-refractivity contribution in [2.45, 2.75) is 31.3 Å². The van der Waals surface area contributed by atoms with Gasteiger partial charge in [0.05, 0.1) is 0 Å². The van der Waals surface area contributed by atoms with Crippen molar-refractivity contribution in [1.29, 1.82) is 0 Å². The van der Waals surface area contributed by atoms with Crippen LogP contribution in [0.5, 0.6) is 5.75 Å². The topological polar surface area (TPSA) is 64.8 Å². The van der Waals surface area contributed by atoms with E-state index in [1.54, 1.807) is 0 Å². The summed E-state index contributed by atoms with van der Waals surface area (Å²) in [5.41, 5.74) is 6.39. The molecule has 0 radical (unpaired) electrons. The third-order valence-electron chi connectivity index (χ3n) is 2.91. The zero-order valence-electron chi connectivity index (χ0n) is 12.2. The minimum Gasteiger partial charge on any atom is -0.487 e. The fourth-order valence-electron chi connectivity index (χ4n) is 2.26. The molecule has 1 aliphatic rings. The molecule has 0 spiro atoms. The highest BCUT2D eigenvalue weighted by Gasteiger charge is 2.34. The summed E-state index contributed by atoms with van der Waals surface area (Å²) in [6, 6.07) is 5.89. The van der Waals surface area contributed by atoms with Gasteiger partial charge in [0.2, 0.25) is 0 Å². The van der Waals surface area contributed by atoms with Gasteiger partial charge in [0.1, 0.15) is 11.4 Å². The third kappa shape index (κ3) is 3.37. The summed E-state index contributed by atoms with van der Waals surface area (Å²) in [5.74, 6) is 0.804. The molecule has 5 nitrogen and oxygen atoms in total. The van der Waals surface area contributed by atoms with Gasteiger partial charge in [-0.3, -0.25) is 4.31 Å².